The number of amides is 1. The zero-order valence-corrected chi connectivity index (χ0v) is 19.1. The fraction of sp³-hybridized carbons (Fsp3) is 0.240. The number of benzene rings is 1. The maximum Gasteiger partial charge on any atom is 0.433 e. The third-order valence-corrected chi connectivity index (χ3v) is 6.05. The summed E-state index contributed by atoms with van der Waals surface area (Å²) in [5.74, 6) is 0.0869. The molecular weight excluding hydrogens is 500 g/mol. The lowest BCUT2D eigenvalue weighted by Crippen LogP contribution is -2.37. The van der Waals surface area contributed by atoms with Crippen LogP contribution >= 0.6 is 0 Å². The number of hydrogen-bond acceptors (Lipinski definition) is 4. The van der Waals surface area contributed by atoms with Gasteiger partial charge in [0.25, 0.3) is 5.91 Å². The maximum atomic E-state index is 13.3. The first-order chi connectivity index (χ1) is 17.5. The van der Waals surface area contributed by atoms with Crippen LogP contribution < -0.4 is 10.2 Å². The molecule has 3 aromatic heterocycles. The minimum atomic E-state index is -4.74. The summed E-state index contributed by atoms with van der Waals surface area (Å²) in [4.78, 5) is 23.2. The van der Waals surface area contributed by atoms with E-state index >= 15 is 0 Å². The molecule has 1 aromatic carbocycles. The van der Waals surface area contributed by atoms with Crippen LogP contribution in [0.1, 0.15) is 33.7 Å². The SMILES string of the molecule is O=C(Nc1ccc(N2CCC2)nc1)c1cc2ccc(C(F)(F)F)nc2n1Cc1cccc(C(F)(F)F)c1. The van der Waals surface area contributed by atoms with Gasteiger partial charge >= 0.3 is 12.4 Å². The van der Waals surface area contributed by atoms with Crippen LogP contribution in [0.3, 0.4) is 0 Å². The maximum absolute atomic E-state index is 13.3. The molecule has 37 heavy (non-hydrogen) atoms. The van der Waals surface area contributed by atoms with Crippen LogP contribution in [-0.4, -0.2) is 33.5 Å². The van der Waals surface area contributed by atoms with E-state index in [0.717, 1.165) is 43.5 Å². The van der Waals surface area contributed by atoms with Crippen molar-refractivity contribution in [3.05, 3.63) is 83.3 Å². The molecule has 0 atom stereocenters. The second kappa shape index (κ2) is 9.09. The summed E-state index contributed by atoms with van der Waals surface area (Å²) in [6.45, 7) is 1.47. The summed E-state index contributed by atoms with van der Waals surface area (Å²) in [7, 11) is 0. The third kappa shape index (κ3) is 5.09. The quantitative estimate of drug-likeness (QED) is 0.330. The van der Waals surface area contributed by atoms with Crippen LogP contribution in [0.2, 0.25) is 0 Å². The molecule has 0 saturated carbocycles. The molecule has 4 aromatic rings. The van der Waals surface area contributed by atoms with Crippen LogP contribution in [0.5, 0.6) is 0 Å². The molecule has 4 heterocycles. The van der Waals surface area contributed by atoms with Crippen molar-refractivity contribution in [1.82, 2.24) is 14.5 Å². The molecule has 0 unspecified atom stereocenters. The van der Waals surface area contributed by atoms with Crippen LogP contribution in [0.25, 0.3) is 11.0 Å². The van der Waals surface area contributed by atoms with E-state index in [9.17, 15) is 31.1 Å². The lowest BCUT2D eigenvalue weighted by Gasteiger charge is -2.31. The monoisotopic (exact) mass is 519 g/mol. The second-order valence-electron chi connectivity index (χ2n) is 8.62. The highest BCUT2D eigenvalue weighted by Crippen LogP contribution is 2.32. The Morgan fingerprint density at radius 2 is 1.73 bits per heavy atom. The molecule has 0 aliphatic carbocycles. The van der Waals surface area contributed by atoms with Gasteiger partial charge in [-0.25, -0.2) is 9.97 Å². The molecule has 0 spiro atoms. The summed E-state index contributed by atoms with van der Waals surface area (Å²) in [5, 5.41) is 2.89. The molecule has 1 fully saturated rings. The highest BCUT2D eigenvalue weighted by molar-refractivity contribution is 6.06. The van der Waals surface area contributed by atoms with E-state index in [1.807, 2.05) is 0 Å². The molecule has 12 heteroatoms. The van der Waals surface area contributed by atoms with Gasteiger partial charge in [0, 0.05) is 25.0 Å². The van der Waals surface area contributed by atoms with Crippen molar-refractivity contribution in [2.24, 2.45) is 0 Å². The predicted octanol–water partition coefficient (Wildman–Crippen LogP) is 5.98. The van der Waals surface area contributed by atoms with E-state index in [2.05, 4.69) is 20.2 Å². The number of rotatable bonds is 5. The van der Waals surface area contributed by atoms with Crippen molar-refractivity contribution >= 4 is 28.4 Å². The standard InChI is InChI=1S/C25H19F6N5O/c26-24(27,28)17-4-1-3-15(11-17)14-36-19(12-16-5-7-20(25(29,30)31)34-22(16)36)23(37)33-18-6-8-21(32-13-18)35-9-2-10-35/h1,3-8,11-13H,2,9-10,14H2,(H,33,37). The Morgan fingerprint density at radius 1 is 0.946 bits per heavy atom. The summed E-state index contributed by atoms with van der Waals surface area (Å²) in [5.41, 5.74) is -1.84. The Bertz CT molecular complexity index is 1460. The fourth-order valence-electron chi connectivity index (χ4n) is 4.05. The van der Waals surface area contributed by atoms with Crippen LogP contribution in [-0.2, 0) is 18.9 Å². The molecule has 0 radical (unpaired) electrons. The zero-order valence-electron chi connectivity index (χ0n) is 19.1. The minimum Gasteiger partial charge on any atom is -0.356 e. The first kappa shape index (κ1) is 24.6. The number of anilines is 2. The van der Waals surface area contributed by atoms with Gasteiger partial charge in [0.1, 0.15) is 22.9 Å². The summed E-state index contributed by atoms with van der Waals surface area (Å²) >= 11 is 0. The lowest BCUT2D eigenvalue weighted by atomic mass is 10.1. The average molecular weight is 519 g/mol. The van der Waals surface area contributed by atoms with Gasteiger partial charge in [-0.2, -0.15) is 26.3 Å². The molecule has 1 aliphatic rings. The fourth-order valence-corrected chi connectivity index (χ4v) is 4.05. The normalized spacial score (nSPS) is 14.1. The summed E-state index contributed by atoms with van der Waals surface area (Å²) < 4.78 is 80.9. The van der Waals surface area contributed by atoms with Crippen molar-refractivity contribution < 1.29 is 31.1 Å². The van der Waals surface area contributed by atoms with Gasteiger partial charge in [-0.1, -0.05) is 12.1 Å². The Balaban J connectivity index is 1.52. The molecule has 0 bridgehead atoms. The first-order valence-corrected chi connectivity index (χ1v) is 11.2. The number of pyridine rings is 2. The van der Waals surface area contributed by atoms with Gasteiger partial charge < -0.3 is 14.8 Å². The van der Waals surface area contributed by atoms with Crippen molar-refractivity contribution in [3.8, 4) is 0 Å². The Morgan fingerprint density at radius 3 is 2.35 bits per heavy atom. The molecule has 1 saturated heterocycles. The first-order valence-electron chi connectivity index (χ1n) is 11.2. The third-order valence-electron chi connectivity index (χ3n) is 6.05. The molecule has 1 amide bonds. The molecule has 1 aliphatic heterocycles. The number of halogens is 6. The highest BCUT2D eigenvalue weighted by Gasteiger charge is 2.34. The van der Waals surface area contributed by atoms with Gasteiger partial charge in [-0.05, 0) is 54.4 Å². The number of hydrogen-bond donors (Lipinski definition) is 1. The van der Waals surface area contributed by atoms with Crippen molar-refractivity contribution in [1.29, 1.82) is 0 Å². The Labute approximate surface area is 206 Å². The molecule has 5 rings (SSSR count). The number of nitrogens with one attached hydrogen (secondary N) is 1. The lowest BCUT2D eigenvalue weighted by molar-refractivity contribution is -0.141. The van der Waals surface area contributed by atoms with E-state index in [1.54, 1.807) is 12.1 Å². The largest absolute Gasteiger partial charge is 0.433 e. The molecule has 1 N–H and O–H groups in total. The van der Waals surface area contributed by atoms with Gasteiger partial charge in [0.15, 0.2) is 0 Å². The molecule has 192 valence electrons. The zero-order chi connectivity index (χ0) is 26.4. The van der Waals surface area contributed by atoms with E-state index in [1.165, 1.54) is 35.0 Å². The molecular formula is C25H19F6N5O. The van der Waals surface area contributed by atoms with E-state index in [-0.39, 0.29) is 28.8 Å². The number of nitrogens with zero attached hydrogens (tertiary/aromatic N) is 4. The smallest absolute Gasteiger partial charge is 0.356 e. The van der Waals surface area contributed by atoms with Gasteiger partial charge in [0.2, 0.25) is 0 Å². The summed E-state index contributed by atoms with van der Waals surface area (Å²) in [6.07, 6.45) is -6.82. The van der Waals surface area contributed by atoms with Crippen LogP contribution in [0.4, 0.5) is 37.8 Å². The van der Waals surface area contributed by atoms with E-state index < -0.39 is 29.5 Å². The van der Waals surface area contributed by atoms with Crippen molar-refractivity contribution in [3.63, 3.8) is 0 Å². The van der Waals surface area contributed by atoms with E-state index in [4.69, 9.17) is 0 Å². The number of aromatic nitrogens is 3. The van der Waals surface area contributed by atoms with Gasteiger partial charge in [-0.3, -0.25) is 4.79 Å². The second-order valence-corrected chi connectivity index (χ2v) is 8.62. The van der Waals surface area contributed by atoms with E-state index in [0.29, 0.717) is 5.69 Å². The number of carbonyl (C=O) groups is 1. The van der Waals surface area contributed by atoms with Crippen LogP contribution in [0.15, 0.2) is 60.8 Å². The number of carbonyl (C=O) groups excluding carboxylic acids is 1. The Kier molecular flexibility index (Phi) is 6.04. The van der Waals surface area contributed by atoms with Crippen LogP contribution in [0, 0.1) is 0 Å². The molecule has 6 nitrogen and oxygen atoms in total. The minimum absolute atomic E-state index is 0.0638. The number of fused-ring (bicyclic) bond motifs is 1. The summed E-state index contributed by atoms with van der Waals surface area (Å²) in [6, 6.07) is 11.1. The van der Waals surface area contributed by atoms with Crippen molar-refractivity contribution in [2.45, 2.75) is 25.3 Å². The van der Waals surface area contributed by atoms with Gasteiger partial charge in [0.05, 0.1) is 17.4 Å². The predicted molar refractivity (Wildman–Crippen MR) is 124 cm³/mol. The van der Waals surface area contributed by atoms with Gasteiger partial charge in [-0.15, -0.1) is 0 Å². The topological polar surface area (TPSA) is 63.1 Å². The average Bonchev–Trinajstić information content (AvgIpc) is 3.16. The Hall–Kier alpha value is -4.09. The number of alkyl halides is 6. The highest BCUT2D eigenvalue weighted by atomic mass is 19.4. The van der Waals surface area contributed by atoms with Crippen molar-refractivity contribution in [2.75, 3.05) is 23.3 Å².